The van der Waals surface area contributed by atoms with Gasteiger partial charge in [-0.05, 0) is 30.3 Å². The molecule has 0 radical (unpaired) electrons. The number of ketones is 1. The summed E-state index contributed by atoms with van der Waals surface area (Å²) < 4.78 is 71.9. The summed E-state index contributed by atoms with van der Waals surface area (Å²) in [4.78, 5) is 23.2. The molecule has 0 saturated heterocycles. The molecule has 0 bridgehead atoms. The summed E-state index contributed by atoms with van der Waals surface area (Å²) >= 11 is 0. The maximum atomic E-state index is 13.8. The van der Waals surface area contributed by atoms with Gasteiger partial charge in [-0.15, -0.1) is 0 Å². The molecule has 1 aromatic carbocycles. The van der Waals surface area contributed by atoms with Gasteiger partial charge in [-0.2, -0.15) is 18.3 Å². The van der Waals surface area contributed by atoms with Crippen LogP contribution in [-0.2, 0) is 17.5 Å². The molecule has 2 heterocycles. The normalized spacial score (nSPS) is 11.8. The summed E-state index contributed by atoms with van der Waals surface area (Å²) in [6, 6.07) is 3.52. The van der Waals surface area contributed by atoms with Crippen molar-refractivity contribution < 1.29 is 36.0 Å². The van der Waals surface area contributed by atoms with Crippen molar-refractivity contribution in [2.24, 2.45) is 0 Å². The molecular weight excluding hydrogens is 425 g/mol. The molecule has 6 nitrogen and oxygen atoms in total. The zero-order chi connectivity index (χ0) is 22.8. The van der Waals surface area contributed by atoms with E-state index in [1.54, 1.807) is 6.07 Å². The fourth-order valence-corrected chi connectivity index (χ4v) is 2.58. The van der Waals surface area contributed by atoms with Crippen molar-refractivity contribution in [3.8, 4) is 0 Å². The van der Waals surface area contributed by atoms with Crippen LogP contribution in [0.1, 0.15) is 34.4 Å². The van der Waals surface area contributed by atoms with Crippen LogP contribution < -0.4 is 5.32 Å². The van der Waals surface area contributed by atoms with Crippen molar-refractivity contribution in [2.45, 2.75) is 19.6 Å². The molecule has 0 aliphatic heterocycles. The lowest BCUT2D eigenvalue weighted by Crippen LogP contribution is -2.10. The molecule has 31 heavy (non-hydrogen) atoms. The highest BCUT2D eigenvalue weighted by Gasteiger charge is 2.35. The fourth-order valence-electron chi connectivity index (χ4n) is 2.58. The summed E-state index contributed by atoms with van der Waals surface area (Å²) in [7, 11) is 0. The van der Waals surface area contributed by atoms with E-state index in [-0.39, 0.29) is 29.8 Å². The lowest BCUT2D eigenvalue weighted by molar-refractivity contribution is -0.140. The molecule has 2 aromatic heterocycles. The summed E-state index contributed by atoms with van der Waals surface area (Å²) in [6.07, 6.45) is -0.564. The molecule has 0 atom stereocenters. The second-order valence-corrected chi connectivity index (χ2v) is 6.42. The lowest BCUT2D eigenvalue weighted by atomic mass is 10.1. The number of Topliss-reactive ketones (excluding diaryl/α,β-unsaturated/α-hetero) is 1. The number of carbonyl (C=O) groups is 2. The molecule has 0 saturated carbocycles. The van der Waals surface area contributed by atoms with Gasteiger partial charge in [0, 0.05) is 24.8 Å². The van der Waals surface area contributed by atoms with E-state index in [2.05, 4.69) is 10.4 Å². The van der Waals surface area contributed by atoms with Crippen LogP contribution in [0.15, 0.2) is 47.2 Å². The van der Waals surface area contributed by atoms with Gasteiger partial charge in [0.05, 0.1) is 24.0 Å². The van der Waals surface area contributed by atoms with E-state index < -0.39 is 34.8 Å². The fraction of sp³-hybridized carbons (Fsp3) is 0.150. The van der Waals surface area contributed by atoms with Crippen molar-refractivity contribution in [2.75, 3.05) is 5.32 Å². The molecule has 0 unspecified atom stereocenters. The van der Waals surface area contributed by atoms with Crippen molar-refractivity contribution in [3.63, 3.8) is 0 Å². The van der Waals surface area contributed by atoms with Gasteiger partial charge >= 0.3 is 6.18 Å². The van der Waals surface area contributed by atoms with Crippen LogP contribution in [0.3, 0.4) is 0 Å². The highest BCUT2D eigenvalue weighted by molar-refractivity contribution is 6.01. The topological polar surface area (TPSA) is 77.1 Å². The lowest BCUT2D eigenvalue weighted by Gasteiger charge is -2.09. The predicted octanol–water partition coefficient (Wildman–Crippen LogP) is 4.68. The van der Waals surface area contributed by atoms with E-state index in [0.717, 1.165) is 12.2 Å². The van der Waals surface area contributed by atoms with Gasteiger partial charge in [0.2, 0.25) is 5.91 Å². The molecular formula is C20H14F5N3O3. The number of rotatable bonds is 6. The number of nitrogens with zero attached hydrogens (tertiary/aromatic N) is 2. The van der Waals surface area contributed by atoms with Crippen LogP contribution in [0, 0.1) is 11.6 Å². The smallest absolute Gasteiger partial charge is 0.419 e. The van der Waals surface area contributed by atoms with E-state index in [1.807, 2.05) is 0 Å². The number of hydrogen-bond acceptors (Lipinski definition) is 4. The Morgan fingerprint density at radius 2 is 1.94 bits per heavy atom. The average Bonchev–Trinajstić information content (AvgIpc) is 3.31. The Bertz CT molecular complexity index is 1160. The van der Waals surface area contributed by atoms with Crippen molar-refractivity contribution in [1.29, 1.82) is 0 Å². The van der Waals surface area contributed by atoms with Crippen LogP contribution in [0.4, 0.5) is 27.6 Å². The quantitative estimate of drug-likeness (QED) is 0.344. The van der Waals surface area contributed by atoms with Crippen LogP contribution in [0.2, 0.25) is 0 Å². The van der Waals surface area contributed by atoms with Gasteiger partial charge in [-0.1, -0.05) is 0 Å². The molecule has 0 fully saturated rings. The van der Waals surface area contributed by atoms with E-state index in [1.165, 1.54) is 30.1 Å². The number of benzene rings is 1. The van der Waals surface area contributed by atoms with Gasteiger partial charge in [0.15, 0.2) is 11.5 Å². The first-order valence-corrected chi connectivity index (χ1v) is 8.70. The third-order valence-electron chi connectivity index (χ3n) is 4.03. The largest absolute Gasteiger partial charge is 0.456 e. The molecule has 0 spiro atoms. The zero-order valence-corrected chi connectivity index (χ0v) is 15.8. The first-order valence-electron chi connectivity index (χ1n) is 8.70. The van der Waals surface area contributed by atoms with Crippen LogP contribution in [0.25, 0.3) is 6.08 Å². The third-order valence-corrected chi connectivity index (χ3v) is 4.03. The molecule has 11 heteroatoms. The molecule has 0 aliphatic rings. The van der Waals surface area contributed by atoms with Gasteiger partial charge < -0.3 is 9.73 Å². The molecule has 0 aliphatic carbocycles. The Morgan fingerprint density at radius 3 is 2.58 bits per heavy atom. The van der Waals surface area contributed by atoms with Gasteiger partial charge in [-0.25, -0.2) is 8.78 Å². The molecule has 1 amide bonds. The minimum atomic E-state index is -5.03. The Morgan fingerprint density at radius 1 is 1.19 bits per heavy atom. The van der Waals surface area contributed by atoms with E-state index in [9.17, 15) is 31.5 Å². The van der Waals surface area contributed by atoms with E-state index >= 15 is 0 Å². The van der Waals surface area contributed by atoms with E-state index in [0.29, 0.717) is 11.8 Å². The van der Waals surface area contributed by atoms with Gasteiger partial charge in [-0.3, -0.25) is 14.3 Å². The van der Waals surface area contributed by atoms with Gasteiger partial charge in [0.25, 0.3) is 0 Å². The Hall–Kier alpha value is -3.76. The van der Waals surface area contributed by atoms with Crippen molar-refractivity contribution in [1.82, 2.24) is 9.78 Å². The molecule has 3 rings (SSSR count). The number of aromatic nitrogens is 2. The van der Waals surface area contributed by atoms with Crippen LogP contribution in [0.5, 0.6) is 0 Å². The first kappa shape index (κ1) is 21.9. The number of nitrogens with one attached hydrogen (secondary N) is 1. The second-order valence-electron chi connectivity index (χ2n) is 6.42. The summed E-state index contributed by atoms with van der Waals surface area (Å²) in [5.74, 6) is -3.28. The van der Waals surface area contributed by atoms with E-state index in [4.69, 9.17) is 4.42 Å². The SMILES string of the molecule is CC(=O)c1ccc(Cn2cc(NC(=O)C=Cc3cc(F)c(C(F)(F)F)cc3F)cn2)o1. The predicted molar refractivity (Wildman–Crippen MR) is 99.1 cm³/mol. The second kappa shape index (κ2) is 8.54. The zero-order valence-electron chi connectivity index (χ0n) is 15.8. The minimum absolute atomic E-state index is 0.0309. The van der Waals surface area contributed by atoms with Crippen molar-refractivity contribution in [3.05, 3.63) is 77.0 Å². The first-order chi connectivity index (χ1) is 14.5. The Kier molecular flexibility index (Phi) is 6.04. The van der Waals surface area contributed by atoms with Crippen LogP contribution in [-0.4, -0.2) is 21.5 Å². The number of halogens is 5. The molecule has 3 aromatic rings. The summed E-state index contributed by atoms with van der Waals surface area (Å²) in [5.41, 5.74) is -1.98. The number of anilines is 1. The summed E-state index contributed by atoms with van der Waals surface area (Å²) in [5, 5.41) is 6.43. The highest BCUT2D eigenvalue weighted by Crippen LogP contribution is 2.32. The Labute approximate surface area is 172 Å². The maximum Gasteiger partial charge on any atom is 0.419 e. The third kappa shape index (κ3) is 5.44. The number of hydrogen-bond donors (Lipinski definition) is 1. The number of alkyl halides is 3. The monoisotopic (exact) mass is 439 g/mol. The molecule has 162 valence electrons. The standard InChI is InChI=1S/C20H14F5N3O3/c1-11(29)18-4-3-14(31-18)10-28-9-13(8-26-28)27-19(30)5-2-12-6-17(22)15(7-16(12)21)20(23,24)25/h2-9H,10H2,1H3,(H,27,30). The average molecular weight is 439 g/mol. The maximum absolute atomic E-state index is 13.8. The Balaban J connectivity index is 1.64. The van der Waals surface area contributed by atoms with Gasteiger partial charge in [0.1, 0.15) is 17.4 Å². The summed E-state index contributed by atoms with van der Waals surface area (Å²) in [6.45, 7) is 1.55. The number of amides is 1. The number of furan rings is 1. The minimum Gasteiger partial charge on any atom is -0.456 e. The molecule has 1 N–H and O–H groups in total. The van der Waals surface area contributed by atoms with Crippen molar-refractivity contribution >= 4 is 23.5 Å². The highest BCUT2D eigenvalue weighted by atomic mass is 19.4. The number of carbonyl (C=O) groups excluding carboxylic acids is 2. The van der Waals surface area contributed by atoms with Crippen LogP contribution >= 0.6 is 0 Å².